The maximum atomic E-state index is 12.9. The molecular formula is C15H9Cl2FN2O2. The summed E-state index contributed by atoms with van der Waals surface area (Å²) in [6, 6.07) is 10.5. The zero-order valence-electron chi connectivity index (χ0n) is 11.1. The lowest BCUT2D eigenvalue weighted by Crippen LogP contribution is -2.16. The number of hydrogen-bond donors (Lipinski definition) is 0. The zero-order valence-corrected chi connectivity index (χ0v) is 12.6. The molecule has 0 atom stereocenters. The molecule has 0 amide bonds. The minimum atomic E-state index is -0.620. The van der Waals surface area contributed by atoms with Crippen molar-refractivity contribution in [3.8, 4) is 11.5 Å². The molecule has 2 aromatic carbocycles. The third-order valence-corrected chi connectivity index (χ3v) is 3.62. The second-order valence-corrected chi connectivity index (χ2v) is 5.42. The van der Waals surface area contributed by atoms with Gasteiger partial charge in [0.25, 0.3) is 0 Å². The van der Waals surface area contributed by atoms with Crippen LogP contribution in [0.2, 0.25) is 10.0 Å². The molecule has 0 radical (unpaired) electrons. The van der Waals surface area contributed by atoms with E-state index >= 15 is 0 Å². The summed E-state index contributed by atoms with van der Waals surface area (Å²) in [7, 11) is 0. The Labute approximate surface area is 134 Å². The number of aromatic nitrogens is 2. The first kappa shape index (κ1) is 14.8. The molecule has 0 N–H and O–H groups in total. The third kappa shape index (κ3) is 3.05. The topological polar surface area (TPSA) is 48.0 Å². The third-order valence-electron chi connectivity index (χ3n) is 3.03. The van der Waals surface area contributed by atoms with Crippen molar-refractivity contribution in [3.63, 3.8) is 0 Å². The molecule has 0 spiro atoms. The number of rotatable bonds is 3. The number of halogens is 3. The van der Waals surface area contributed by atoms with Gasteiger partial charge in [0, 0.05) is 15.6 Å². The van der Waals surface area contributed by atoms with Gasteiger partial charge in [-0.15, -0.1) is 5.10 Å². The molecule has 1 aromatic heterocycles. The lowest BCUT2D eigenvalue weighted by atomic mass is 10.2. The van der Waals surface area contributed by atoms with Crippen LogP contribution in [0.25, 0.3) is 11.5 Å². The predicted octanol–water partition coefficient (Wildman–Crippen LogP) is 4.00. The second kappa shape index (κ2) is 5.94. The van der Waals surface area contributed by atoms with Gasteiger partial charge in [-0.1, -0.05) is 29.3 Å². The van der Waals surface area contributed by atoms with Crippen LogP contribution >= 0.6 is 23.2 Å². The Morgan fingerprint density at radius 3 is 2.55 bits per heavy atom. The monoisotopic (exact) mass is 338 g/mol. The van der Waals surface area contributed by atoms with Crippen LogP contribution in [0.15, 0.2) is 51.7 Å². The van der Waals surface area contributed by atoms with Crippen molar-refractivity contribution in [1.82, 2.24) is 9.78 Å². The highest BCUT2D eigenvalue weighted by molar-refractivity contribution is 6.35. The number of benzene rings is 2. The standard InChI is InChI=1S/C15H9Cl2FN2O2/c16-11-4-1-10(13(17)7-11)8-20-15(21)22-14(19-20)9-2-5-12(18)6-3-9/h1-7H,8H2. The molecule has 22 heavy (non-hydrogen) atoms. The molecule has 0 unspecified atom stereocenters. The fourth-order valence-electron chi connectivity index (χ4n) is 1.93. The van der Waals surface area contributed by atoms with Crippen molar-refractivity contribution in [2.24, 2.45) is 0 Å². The second-order valence-electron chi connectivity index (χ2n) is 4.57. The molecule has 3 rings (SSSR count). The van der Waals surface area contributed by atoms with Gasteiger partial charge in [0.1, 0.15) is 5.82 Å². The van der Waals surface area contributed by atoms with Crippen LogP contribution in [0.4, 0.5) is 4.39 Å². The van der Waals surface area contributed by atoms with Gasteiger partial charge < -0.3 is 4.42 Å². The molecule has 1 heterocycles. The summed E-state index contributed by atoms with van der Waals surface area (Å²) in [5.74, 6) is -0.876. The minimum absolute atomic E-state index is 0.120. The Morgan fingerprint density at radius 1 is 1.14 bits per heavy atom. The number of hydrogen-bond acceptors (Lipinski definition) is 3. The fraction of sp³-hybridized carbons (Fsp3) is 0.0667. The van der Waals surface area contributed by atoms with Gasteiger partial charge in [-0.3, -0.25) is 0 Å². The van der Waals surface area contributed by atoms with E-state index < -0.39 is 5.76 Å². The first-order valence-electron chi connectivity index (χ1n) is 6.31. The number of nitrogens with zero attached hydrogens (tertiary/aromatic N) is 2. The van der Waals surface area contributed by atoms with Gasteiger partial charge >= 0.3 is 5.76 Å². The van der Waals surface area contributed by atoms with Crippen LogP contribution in [0, 0.1) is 5.82 Å². The summed E-state index contributed by atoms with van der Waals surface area (Å²) in [5.41, 5.74) is 1.20. The van der Waals surface area contributed by atoms with E-state index in [4.69, 9.17) is 27.6 Å². The van der Waals surface area contributed by atoms with E-state index in [1.54, 1.807) is 18.2 Å². The van der Waals surface area contributed by atoms with Crippen molar-refractivity contribution in [2.75, 3.05) is 0 Å². The lowest BCUT2D eigenvalue weighted by Gasteiger charge is -2.03. The largest absolute Gasteiger partial charge is 0.437 e. The van der Waals surface area contributed by atoms with Crippen molar-refractivity contribution < 1.29 is 8.81 Å². The first-order chi connectivity index (χ1) is 10.5. The highest BCUT2D eigenvalue weighted by Crippen LogP contribution is 2.22. The van der Waals surface area contributed by atoms with Crippen LogP contribution < -0.4 is 5.76 Å². The predicted molar refractivity (Wildman–Crippen MR) is 81.7 cm³/mol. The molecule has 0 aliphatic rings. The molecule has 0 aliphatic heterocycles. The van der Waals surface area contributed by atoms with Crippen LogP contribution in [-0.2, 0) is 6.54 Å². The van der Waals surface area contributed by atoms with Crippen molar-refractivity contribution in [3.05, 3.63) is 74.4 Å². The van der Waals surface area contributed by atoms with E-state index in [-0.39, 0.29) is 18.3 Å². The molecule has 0 fully saturated rings. The van der Waals surface area contributed by atoms with E-state index in [0.717, 1.165) is 4.68 Å². The highest BCUT2D eigenvalue weighted by Gasteiger charge is 2.12. The molecule has 7 heteroatoms. The maximum Gasteiger partial charge on any atom is 0.437 e. The van der Waals surface area contributed by atoms with Gasteiger partial charge in [0.2, 0.25) is 5.89 Å². The highest BCUT2D eigenvalue weighted by atomic mass is 35.5. The Hall–Kier alpha value is -2.11. The Kier molecular flexibility index (Phi) is 4.00. The van der Waals surface area contributed by atoms with Gasteiger partial charge in [-0.05, 0) is 42.0 Å². The van der Waals surface area contributed by atoms with Crippen LogP contribution in [0.3, 0.4) is 0 Å². The molecule has 0 saturated heterocycles. The minimum Gasteiger partial charge on any atom is -0.388 e. The molecule has 112 valence electrons. The maximum absolute atomic E-state index is 12.9. The first-order valence-corrected chi connectivity index (χ1v) is 7.06. The van der Waals surface area contributed by atoms with E-state index in [1.165, 1.54) is 24.3 Å². The van der Waals surface area contributed by atoms with Gasteiger partial charge in [0.05, 0.1) is 6.54 Å². The summed E-state index contributed by atoms with van der Waals surface area (Å²) >= 11 is 11.9. The summed E-state index contributed by atoms with van der Waals surface area (Å²) in [4.78, 5) is 11.9. The van der Waals surface area contributed by atoms with Crippen LogP contribution in [-0.4, -0.2) is 9.78 Å². The Balaban J connectivity index is 1.92. The fourth-order valence-corrected chi connectivity index (χ4v) is 2.39. The van der Waals surface area contributed by atoms with Gasteiger partial charge in [0.15, 0.2) is 0 Å². The van der Waals surface area contributed by atoms with E-state index in [2.05, 4.69) is 5.10 Å². The lowest BCUT2D eigenvalue weighted by molar-refractivity contribution is 0.495. The summed E-state index contributed by atoms with van der Waals surface area (Å²) in [6.45, 7) is 0.152. The average Bonchev–Trinajstić information content (AvgIpc) is 2.84. The molecular weight excluding hydrogens is 330 g/mol. The smallest absolute Gasteiger partial charge is 0.388 e. The van der Waals surface area contributed by atoms with Crippen molar-refractivity contribution in [2.45, 2.75) is 6.54 Å². The Morgan fingerprint density at radius 2 is 1.86 bits per heavy atom. The molecule has 0 saturated carbocycles. The van der Waals surface area contributed by atoms with Crippen molar-refractivity contribution >= 4 is 23.2 Å². The molecule has 0 bridgehead atoms. The summed E-state index contributed by atoms with van der Waals surface area (Å²) in [6.07, 6.45) is 0. The van der Waals surface area contributed by atoms with Crippen LogP contribution in [0.5, 0.6) is 0 Å². The average molecular weight is 339 g/mol. The molecule has 3 aromatic rings. The quantitative estimate of drug-likeness (QED) is 0.725. The van der Waals surface area contributed by atoms with E-state index in [9.17, 15) is 9.18 Å². The van der Waals surface area contributed by atoms with Crippen LogP contribution in [0.1, 0.15) is 5.56 Å². The molecule has 0 aliphatic carbocycles. The van der Waals surface area contributed by atoms with E-state index in [1.807, 2.05) is 0 Å². The van der Waals surface area contributed by atoms with Gasteiger partial charge in [-0.2, -0.15) is 4.68 Å². The summed E-state index contributed by atoms with van der Waals surface area (Å²) in [5, 5.41) is 5.04. The zero-order chi connectivity index (χ0) is 15.7. The normalized spacial score (nSPS) is 10.9. The Bertz CT molecular complexity index is 872. The van der Waals surface area contributed by atoms with Crippen molar-refractivity contribution in [1.29, 1.82) is 0 Å². The molecule has 4 nitrogen and oxygen atoms in total. The summed E-state index contributed by atoms with van der Waals surface area (Å²) < 4.78 is 19.1. The van der Waals surface area contributed by atoms with E-state index in [0.29, 0.717) is 21.2 Å². The van der Waals surface area contributed by atoms with Gasteiger partial charge in [-0.25, -0.2) is 9.18 Å². The SMILES string of the molecule is O=c1oc(-c2ccc(F)cc2)nn1Cc1ccc(Cl)cc1Cl.